The van der Waals surface area contributed by atoms with E-state index in [1.54, 1.807) is 0 Å². The minimum absolute atomic E-state index is 0.00694. The van der Waals surface area contributed by atoms with Crippen LogP contribution in [0.5, 0.6) is 0 Å². The normalized spacial score (nSPS) is 23.6. The van der Waals surface area contributed by atoms with Gasteiger partial charge in [-0.15, -0.1) is 0 Å². The summed E-state index contributed by atoms with van der Waals surface area (Å²) < 4.78 is 0. The molecule has 2 fully saturated rings. The lowest BCUT2D eigenvalue weighted by molar-refractivity contribution is -0.144. The van der Waals surface area contributed by atoms with Crippen LogP contribution in [-0.4, -0.2) is 41.0 Å². The van der Waals surface area contributed by atoms with Gasteiger partial charge >= 0.3 is 12.0 Å². The maximum Gasteiger partial charge on any atom is 0.324 e. The molecule has 0 bridgehead atoms. The van der Waals surface area contributed by atoms with E-state index in [0.29, 0.717) is 12.8 Å². The van der Waals surface area contributed by atoms with Crippen LogP contribution < -0.4 is 5.32 Å². The number of rotatable bonds is 3. The van der Waals surface area contributed by atoms with Crippen LogP contribution >= 0.6 is 0 Å². The molecule has 1 aliphatic heterocycles. The molecule has 0 unspecified atom stereocenters. The van der Waals surface area contributed by atoms with Crippen LogP contribution in [0.2, 0.25) is 0 Å². The molecule has 6 nitrogen and oxygen atoms in total. The zero-order chi connectivity index (χ0) is 10.3. The van der Waals surface area contributed by atoms with E-state index in [0.717, 1.165) is 4.90 Å². The molecular weight excluding hydrogens is 188 g/mol. The molecule has 1 saturated carbocycles. The number of amides is 3. The summed E-state index contributed by atoms with van der Waals surface area (Å²) in [5.41, 5.74) is -0.864. The summed E-state index contributed by atoms with van der Waals surface area (Å²) in [5, 5.41) is 11.2. The monoisotopic (exact) mass is 198 g/mol. The van der Waals surface area contributed by atoms with E-state index in [1.165, 1.54) is 0 Å². The first-order valence-corrected chi connectivity index (χ1v) is 4.37. The van der Waals surface area contributed by atoms with E-state index in [9.17, 15) is 14.4 Å². The average Bonchev–Trinajstić information content (AvgIpc) is 2.84. The molecule has 1 aliphatic carbocycles. The van der Waals surface area contributed by atoms with E-state index in [-0.39, 0.29) is 19.0 Å². The van der Waals surface area contributed by atoms with Crippen molar-refractivity contribution >= 4 is 17.9 Å². The highest BCUT2D eigenvalue weighted by molar-refractivity contribution is 6.02. The molecule has 0 radical (unpaired) electrons. The van der Waals surface area contributed by atoms with E-state index in [4.69, 9.17) is 5.11 Å². The van der Waals surface area contributed by atoms with E-state index < -0.39 is 17.4 Å². The van der Waals surface area contributed by atoms with Crippen LogP contribution in [0.25, 0.3) is 0 Å². The summed E-state index contributed by atoms with van der Waals surface area (Å²) in [6.07, 6.45) is 1.08. The molecule has 0 aromatic carbocycles. The second-order valence-electron chi connectivity index (χ2n) is 3.72. The molecule has 76 valence electrons. The second kappa shape index (κ2) is 2.70. The number of hydrogen-bond acceptors (Lipinski definition) is 3. The summed E-state index contributed by atoms with van der Waals surface area (Å²) in [5.74, 6) is -1.27. The Bertz CT molecular complexity index is 305. The molecule has 2 N–H and O–H groups in total. The minimum atomic E-state index is -0.926. The lowest BCUT2D eigenvalue weighted by Gasteiger charge is -2.16. The third kappa shape index (κ3) is 1.23. The first kappa shape index (κ1) is 8.98. The quantitative estimate of drug-likeness (QED) is 0.593. The number of carbonyl (C=O) groups excluding carboxylic acids is 2. The number of carboxylic acid groups (broad SMARTS) is 1. The van der Waals surface area contributed by atoms with Gasteiger partial charge in [-0.05, 0) is 12.8 Å². The topological polar surface area (TPSA) is 86.7 Å². The number of carboxylic acids is 1. The number of urea groups is 1. The largest absolute Gasteiger partial charge is 0.481 e. The van der Waals surface area contributed by atoms with Gasteiger partial charge in [0.15, 0.2) is 0 Å². The van der Waals surface area contributed by atoms with E-state index in [1.807, 2.05) is 0 Å². The molecular formula is C8H10N2O4. The smallest absolute Gasteiger partial charge is 0.324 e. The van der Waals surface area contributed by atoms with Crippen molar-refractivity contribution in [1.29, 1.82) is 0 Å². The Morgan fingerprint density at radius 1 is 1.50 bits per heavy atom. The van der Waals surface area contributed by atoms with Gasteiger partial charge in [-0.25, -0.2) is 4.79 Å². The Labute approximate surface area is 79.9 Å². The van der Waals surface area contributed by atoms with Gasteiger partial charge < -0.3 is 10.4 Å². The Morgan fingerprint density at radius 3 is 2.50 bits per heavy atom. The van der Waals surface area contributed by atoms with Crippen molar-refractivity contribution in [2.45, 2.75) is 12.8 Å². The number of carbonyl (C=O) groups is 3. The van der Waals surface area contributed by atoms with Crippen molar-refractivity contribution in [3.8, 4) is 0 Å². The van der Waals surface area contributed by atoms with Gasteiger partial charge in [0, 0.05) is 6.54 Å². The predicted molar refractivity (Wildman–Crippen MR) is 44.4 cm³/mol. The SMILES string of the molecule is O=C1CNC(=O)N1CC1(C(=O)O)CC1. The average molecular weight is 198 g/mol. The summed E-state index contributed by atoms with van der Waals surface area (Å²) in [6.45, 7) is -0.0124. The maximum atomic E-state index is 11.2. The van der Waals surface area contributed by atoms with Crippen LogP contribution in [0.4, 0.5) is 4.79 Å². The number of aliphatic carboxylic acids is 1. The highest BCUT2D eigenvalue weighted by atomic mass is 16.4. The molecule has 2 aliphatic rings. The fraction of sp³-hybridized carbons (Fsp3) is 0.625. The van der Waals surface area contributed by atoms with Crippen LogP contribution in [0, 0.1) is 5.41 Å². The molecule has 0 atom stereocenters. The Morgan fingerprint density at radius 2 is 2.14 bits per heavy atom. The van der Waals surface area contributed by atoms with Gasteiger partial charge in [-0.1, -0.05) is 0 Å². The zero-order valence-electron chi connectivity index (χ0n) is 7.45. The van der Waals surface area contributed by atoms with Crippen molar-refractivity contribution in [3.63, 3.8) is 0 Å². The third-order valence-electron chi connectivity index (χ3n) is 2.71. The van der Waals surface area contributed by atoms with Crippen LogP contribution in [-0.2, 0) is 9.59 Å². The highest BCUT2D eigenvalue weighted by Gasteiger charge is 2.53. The molecule has 0 aromatic rings. The molecule has 3 amide bonds. The molecule has 2 rings (SSSR count). The zero-order valence-corrected chi connectivity index (χ0v) is 7.45. The number of nitrogens with zero attached hydrogens (tertiary/aromatic N) is 1. The van der Waals surface area contributed by atoms with Gasteiger partial charge in [-0.2, -0.15) is 0 Å². The summed E-state index contributed by atoms with van der Waals surface area (Å²) in [4.78, 5) is 34.1. The Kier molecular flexibility index (Phi) is 1.73. The number of nitrogens with one attached hydrogen (secondary N) is 1. The number of hydrogen-bond donors (Lipinski definition) is 2. The lowest BCUT2D eigenvalue weighted by atomic mass is 10.1. The first-order valence-electron chi connectivity index (χ1n) is 4.37. The molecule has 14 heavy (non-hydrogen) atoms. The maximum absolute atomic E-state index is 11.2. The van der Waals surface area contributed by atoms with Gasteiger partial charge in [0.25, 0.3) is 0 Å². The second-order valence-corrected chi connectivity index (χ2v) is 3.72. The molecule has 0 spiro atoms. The fourth-order valence-corrected chi connectivity index (χ4v) is 1.51. The molecule has 6 heteroatoms. The first-order chi connectivity index (χ1) is 6.55. The molecule has 1 saturated heterocycles. The van der Waals surface area contributed by atoms with Gasteiger partial charge in [0.1, 0.15) is 0 Å². The third-order valence-corrected chi connectivity index (χ3v) is 2.71. The Hall–Kier alpha value is -1.59. The van der Waals surface area contributed by atoms with Crippen molar-refractivity contribution < 1.29 is 19.5 Å². The van der Waals surface area contributed by atoms with E-state index >= 15 is 0 Å². The molecule has 1 heterocycles. The predicted octanol–water partition coefficient (Wildman–Crippen LogP) is -0.597. The van der Waals surface area contributed by atoms with Crippen molar-refractivity contribution in [1.82, 2.24) is 10.2 Å². The fourth-order valence-electron chi connectivity index (χ4n) is 1.51. The van der Waals surface area contributed by atoms with Crippen LogP contribution in [0.3, 0.4) is 0 Å². The highest BCUT2D eigenvalue weighted by Crippen LogP contribution is 2.46. The Balaban J connectivity index is 2.07. The molecule has 0 aromatic heterocycles. The van der Waals surface area contributed by atoms with Crippen LogP contribution in [0.1, 0.15) is 12.8 Å². The number of imide groups is 1. The van der Waals surface area contributed by atoms with Gasteiger partial charge in [0.2, 0.25) is 5.91 Å². The van der Waals surface area contributed by atoms with Crippen molar-refractivity contribution in [2.75, 3.05) is 13.1 Å². The van der Waals surface area contributed by atoms with Gasteiger partial charge in [0.05, 0.1) is 12.0 Å². The van der Waals surface area contributed by atoms with Crippen LogP contribution in [0.15, 0.2) is 0 Å². The summed E-state index contributed by atoms with van der Waals surface area (Å²) >= 11 is 0. The van der Waals surface area contributed by atoms with Crippen molar-refractivity contribution in [2.24, 2.45) is 5.41 Å². The van der Waals surface area contributed by atoms with Crippen molar-refractivity contribution in [3.05, 3.63) is 0 Å². The lowest BCUT2D eigenvalue weighted by Crippen LogP contribution is -2.39. The van der Waals surface area contributed by atoms with Gasteiger partial charge in [-0.3, -0.25) is 14.5 Å². The standard InChI is InChI=1S/C8H10N2O4/c11-5-3-9-7(14)10(5)4-8(1-2-8)6(12)13/h1-4H2,(H,9,14)(H,12,13). The summed E-state index contributed by atoms with van der Waals surface area (Å²) in [6, 6.07) is -0.484. The minimum Gasteiger partial charge on any atom is -0.481 e. The van der Waals surface area contributed by atoms with E-state index in [2.05, 4.69) is 5.32 Å². The summed E-state index contributed by atoms with van der Waals surface area (Å²) in [7, 11) is 0.